The van der Waals surface area contributed by atoms with E-state index in [9.17, 15) is 17.6 Å². The number of pyridine rings is 1. The Hall–Kier alpha value is -1.41. The molecule has 4 nitrogen and oxygen atoms in total. The van der Waals surface area contributed by atoms with Gasteiger partial charge in [0, 0.05) is 32.2 Å². The fraction of sp³-hybridized carbons (Fsp3) is 0.583. The summed E-state index contributed by atoms with van der Waals surface area (Å²) in [6.07, 6.45) is 0. The largest absolute Gasteiger partial charge is 0.378 e. The van der Waals surface area contributed by atoms with E-state index in [1.165, 1.54) is 0 Å². The molecule has 20 heavy (non-hydrogen) atoms. The first-order chi connectivity index (χ1) is 9.40. The first-order valence-electron chi connectivity index (χ1n) is 6.22. The number of nitrogens with one attached hydrogen (secondary N) is 1. The molecule has 1 saturated heterocycles. The van der Waals surface area contributed by atoms with Gasteiger partial charge in [-0.3, -0.25) is 4.90 Å². The van der Waals surface area contributed by atoms with E-state index >= 15 is 0 Å². The maximum Gasteiger partial charge on any atom is 0.253 e. The normalized spacial score (nSPS) is 21.2. The zero-order chi connectivity index (χ0) is 14.9. The van der Waals surface area contributed by atoms with Crippen LogP contribution in [0.4, 0.5) is 23.2 Å². The summed E-state index contributed by atoms with van der Waals surface area (Å²) >= 11 is 0. The predicted molar refractivity (Wildman–Crippen MR) is 66.5 cm³/mol. The summed E-state index contributed by atoms with van der Waals surface area (Å²) < 4.78 is 52.8. The number of likely N-dealkylation sites (N-methyl/N-ethyl adjacent to an activating group) is 2. The molecule has 0 radical (unpaired) electrons. The summed E-state index contributed by atoms with van der Waals surface area (Å²) in [5.41, 5.74) is -0.809. The SMILES string of the molecule is CN1CCN(C)C(CNc2c(F)c(F)nc(F)c2F)C1. The van der Waals surface area contributed by atoms with E-state index in [-0.39, 0.29) is 12.6 Å². The third-order valence-corrected chi connectivity index (χ3v) is 3.49. The minimum Gasteiger partial charge on any atom is -0.378 e. The van der Waals surface area contributed by atoms with E-state index in [1.54, 1.807) is 0 Å². The molecule has 0 aliphatic carbocycles. The van der Waals surface area contributed by atoms with Gasteiger partial charge in [-0.1, -0.05) is 0 Å². The average molecular weight is 292 g/mol. The zero-order valence-electron chi connectivity index (χ0n) is 11.3. The molecule has 8 heteroatoms. The number of hydrogen-bond acceptors (Lipinski definition) is 4. The summed E-state index contributed by atoms with van der Waals surface area (Å²) in [6.45, 7) is 2.58. The van der Waals surface area contributed by atoms with Crippen LogP contribution >= 0.6 is 0 Å². The van der Waals surface area contributed by atoms with Gasteiger partial charge in [-0.25, -0.2) is 0 Å². The minimum absolute atomic E-state index is 0.00756. The molecule has 1 aromatic rings. The Bertz CT molecular complexity index is 471. The second-order valence-corrected chi connectivity index (χ2v) is 4.97. The van der Waals surface area contributed by atoms with E-state index in [0.29, 0.717) is 6.54 Å². The number of nitrogens with zero attached hydrogens (tertiary/aromatic N) is 3. The maximum absolute atomic E-state index is 13.4. The molecular weight excluding hydrogens is 276 g/mol. The molecule has 0 bridgehead atoms. The third kappa shape index (κ3) is 3.01. The molecule has 2 rings (SSSR count). The third-order valence-electron chi connectivity index (χ3n) is 3.49. The topological polar surface area (TPSA) is 31.4 Å². The summed E-state index contributed by atoms with van der Waals surface area (Å²) in [4.78, 5) is 6.61. The van der Waals surface area contributed by atoms with Gasteiger partial charge in [0.05, 0.1) is 0 Å². The quantitative estimate of drug-likeness (QED) is 0.672. The lowest BCUT2D eigenvalue weighted by Gasteiger charge is -2.37. The first-order valence-corrected chi connectivity index (χ1v) is 6.22. The molecule has 0 amide bonds. The number of anilines is 1. The van der Waals surface area contributed by atoms with Crippen molar-refractivity contribution in [3.05, 3.63) is 23.5 Å². The molecule has 0 saturated carbocycles. The standard InChI is InChI=1S/C12H16F4N4/c1-19-3-4-20(2)7(6-19)5-17-10-8(13)11(15)18-12(16)9(10)14/h7H,3-6H2,1-2H3,(H,17,18). The van der Waals surface area contributed by atoms with Crippen LogP contribution in [0.5, 0.6) is 0 Å². The van der Waals surface area contributed by atoms with Crippen molar-refractivity contribution in [3.8, 4) is 0 Å². The predicted octanol–water partition coefficient (Wildman–Crippen LogP) is 1.30. The highest BCUT2D eigenvalue weighted by Gasteiger charge is 2.25. The molecule has 1 aliphatic rings. The lowest BCUT2D eigenvalue weighted by Crippen LogP contribution is -2.52. The molecule has 1 N–H and O–H groups in total. The van der Waals surface area contributed by atoms with Crippen molar-refractivity contribution in [2.24, 2.45) is 0 Å². The Kier molecular flexibility index (Phi) is 4.44. The monoisotopic (exact) mass is 292 g/mol. The van der Waals surface area contributed by atoms with Gasteiger partial charge in [0.25, 0.3) is 11.9 Å². The van der Waals surface area contributed by atoms with E-state index in [0.717, 1.165) is 13.1 Å². The lowest BCUT2D eigenvalue weighted by atomic mass is 10.2. The molecule has 1 atom stereocenters. The van der Waals surface area contributed by atoms with Crippen molar-refractivity contribution < 1.29 is 17.6 Å². The molecular formula is C12H16F4N4. The molecule has 0 aromatic carbocycles. The first kappa shape index (κ1) is 15.0. The number of rotatable bonds is 3. The highest BCUT2D eigenvalue weighted by molar-refractivity contribution is 5.45. The Morgan fingerprint density at radius 1 is 1.10 bits per heavy atom. The summed E-state index contributed by atoms with van der Waals surface area (Å²) in [5, 5.41) is 2.45. The minimum atomic E-state index is -1.65. The number of hydrogen-bond donors (Lipinski definition) is 1. The smallest absolute Gasteiger partial charge is 0.253 e. The highest BCUT2D eigenvalue weighted by Crippen LogP contribution is 2.22. The van der Waals surface area contributed by atoms with Gasteiger partial charge in [-0.05, 0) is 14.1 Å². The fourth-order valence-electron chi connectivity index (χ4n) is 2.18. The van der Waals surface area contributed by atoms with Crippen molar-refractivity contribution in [2.75, 3.05) is 45.6 Å². The van der Waals surface area contributed by atoms with Crippen LogP contribution in [0.25, 0.3) is 0 Å². The zero-order valence-corrected chi connectivity index (χ0v) is 11.3. The van der Waals surface area contributed by atoms with Crippen LogP contribution in [-0.2, 0) is 0 Å². The Balaban J connectivity index is 2.11. The molecule has 1 fully saturated rings. The van der Waals surface area contributed by atoms with Gasteiger partial charge in [-0.15, -0.1) is 0 Å². The van der Waals surface area contributed by atoms with E-state index in [1.807, 2.05) is 19.0 Å². The van der Waals surface area contributed by atoms with Gasteiger partial charge in [0.15, 0.2) is 0 Å². The summed E-state index contributed by atoms with van der Waals surface area (Å²) in [7, 11) is 3.83. The van der Waals surface area contributed by atoms with Crippen molar-refractivity contribution in [1.82, 2.24) is 14.8 Å². The van der Waals surface area contributed by atoms with Crippen LogP contribution in [0, 0.1) is 23.5 Å². The fourth-order valence-corrected chi connectivity index (χ4v) is 2.18. The highest BCUT2D eigenvalue weighted by atomic mass is 19.2. The summed E-state index contributed by atoms with van der Waals surface area (Å²) in [5.74, 6) is -6.31. The molecule has 1 unspecified atom stereocenters. The van der Waals surface area contributed by atoms with Crippen LogP contribution < -0.4 is 5.32 Å². The van der Waals surface area contributed by atoms with Crippen molar-refractivity contribution >= 4 is 5.69 Å². The number of halogens is 4. The van der Waals surface area contributed by atoms with Crippen molar-refractivity contribution in [2.45, 2.75) is 6.04 Å². The maximum atomic E-state index is 13.4. The van der Waals surface area contributed by atoms with E-state index in [4.69, 9.17) is 0 Å². The van der Waals surface area contributed by atoms with Gasteiger partial charge in [0.1, 0.15) is 5.69 Å². The average Bonchev–Trinajstić information content (AvgIpc) is 2.40. The number of piperazine rings is 1. The Morgan fingerprint density at radius 2 is 1.70 bits per heavy atom. The van der Waals surface area contributed by atoms with Crippen LogP contribution in [0.1, 0.15) is 0 Å². The second-order valence-electron chi connectivity index (χ2n) is 4.97. The van der Waals surface area contributed by atoms with E-state index in [2.05, 4.69) is 15.2 Å². The lowest BCUT2D eigenvalue weighted by molar-refractivity contribution is 0.121. The Morgan fingerprint density at radius 3 is 2.30 bits per heavy atom. The van der Waals surface area contributed by atoms with Crippen molar-refractivity contribution in [3.63, 3.8) is 0 Å². The van der Waals surface area contributed by atoms with Gasteiger partial charge in [0.2, 0.25) is 11.6 Å². The molecule has 1 aromatic heterocycles. The van der Waals surface area contributed by atoms with E-state index < -0.39 is 29.2 Å². The van der Waals surface area contributed by atoms with Gasteiger partial charge in [-0.2, -0.15) is 22.5 Å². The van der Waals surface area contributed by atoms with Crippen LogP contribution in [-0.4, -0.2) is 61.1 Å². The molecule has 0 spiro atoms. The molecule has 2 heterocycles. The molecule has 112 valence electrons. The van der Waals surface area contributed by atoms with Gasteiger partial charge < -0.3 is 10.2 Å². The van der Waals surface area contributed by atoms with Crippen molar-refractivity contribution in [1.29, 1.82) is 0 Å². The molecule has 1 aliphatic heterocycles. The second kappa shape index (κ2) is 5.92. The van der Waals surface area contributed by atoms with Crippen LogP contribution in [0.2, 0.25) is 0 Å². The Labute approximate surface area is 114 Å². The van der Waals surface area contributed by atoms with Crippen LogP contribution in [0.15, 0.2) is 0 Å². The van der Waals surface area contributed by atoms with Gasteiger partial charge >= 0.3 is 0 Å². The van der Waals surface area contributed by atoms with Crippen LogP contribution in [0.3, 0.4) is 0 Å². The summed E-state index contributed by atoms with van der Waals surface area (Å²) in [6, 6.07) is -0.00756. The number of aromatic nitrogens is 1.